The van der Waals surface area contributed by atoms with Crippen molar-refractivity contribution in [2.75, 3.05) is 7.05 Å². The van der Waals surface area contributed by atoms with E-state index in [0.717, 1.165) is 38.5 Å². The standard InChI is InChI=1S/C21H33NO3/c1-12-11-16-21(3,10-8-17(23)22(16)4)14-7-9-20(2)13(18(12)14)5-6-15(20)19(24)25/h12-16,18H,5-11H2,1-4H3,(H,24,25)/t12?,13-,14+,15?,16?,18-,20-,21+/m0/s1. The smallest absolute Gasteiger partial charge is 0.307 e. The summed E-state index contributed by atoms with van der Waals surface area (Å²) in [6, 6.07) is 0.367. The molecule has 1 amide bonds. The summed E-state index contributed by atoms with van der Waals surface area (Å²) in [7, 11) is 2.00. The van der Waals surface area contributed by atoms with Crippen LogP contribution in [0.4, 0.5) is 0 Å². The van der Waals surface area contributed by atoms with Crippen LogP contribution in [0.15, 0.2) is 0 Å². The van der Waals surface area contributed by atoms with Crippen LogP contribution in [0.5, 0.6) is 0 Å². The highest BCUT2D eigenvalue weighted by Crippen LogP contribution is 2.67. The van der Waals surface area contributed by atoms with Gasteiger partial charge in [-0.05, 0) is 73.0 Å². The number of carboxylic acid groups (broad SMARTS) is 1. The molecule has 1 N–H and O–H groups in total. The Hall–Kier alpha value is -1.06. The average Bonchev–Trinajstić information content (AvgIpc) is 2.91. The maximum absolute atomic E-state index is 12.3. The summed E-state index contributed by atoms with van der Waals surface area (Å²) in [5.41, 5.74) is 0.184. The number of piperidine rings is 1. The summed E-state index contributed by atoms with van der Waals surface area (Å²) in [5, 5.41) is 9.74. The van der Waals surface area contributed by atoms with Crippen molar-refractivity contribution >= 4 is 11.9 Å². The van der Waals surface area contributed by atoms with Crippen molar-refractivity contribution in [1.29, 1.82) is 0 Å². The number of likely N-dealkylation sites (tertiary alicyclic amines) is 1. The molecule has 25 heavy (non-hydrogen) atoms. The first-order valence-corrected chi connectivity index (χ1v) is 10.2. The number of carboxylic acids is 1. The Bertz CT molecular complexity index is 604. The van der Waals surface area contributed by atoms with Gasteiger partial charge in [0.1, 0.15) is 0 Å². The number of hydrogen-bond acceptors (Lipinski definition) is 2. The summed E-state index contributed by atoms with van der Waals surface area (Å²) in [6.07, 6.45) is 6.90. The van der Waals surface area contributed by atoms with E-state index >= 15 is 0 Å². The number of amides is 1. The lowest BCUT2D eigenvalue weighted by atomic mass is 9.44. The number of nitrogens with zero attached hydrogens (tertiary/aromatic N) is 1. The molecular weight excluding hydrogens is 314 g/mol. The number of fused-ring (bicyclic) bond motifs is 5. The monoisotopic (exact) mass is 347 g/mol. The van der Waals surface area contributed by atoms with Gasteiger partial charge in [0, 0.05) is 19.5 Å². The minimum Gasteiger partial charge on any atom is -0.481 e. The maximum Gasteiger partial charge on any atom is 0.307 e. The predicted molar refractivity (Wildman–Crippen MR) is 95.9 cm³/mol. The fourth-order valence-corrected chi connectivity index (χ4v) is 7.87. The topological polar surface area (TPSA) is 57.6 Å². The highest BCUT2D eigenvalue weighted by molar-refractivity contribution is 5.77. The first-order valence-electron chi connectivity index (χ1n) is 10.2. The number of rotatable bonds is 1. The molecule has 4 fully saturated rings. The molecule has 140 valence electrons. The lowest BCUT2D eigenvalue weighted by molar-refractivity contribution is -0.170. The second-order valence-electron chi connectivity index (χ2n) is 10.0. The third-order valence-corrected chi connectivity index (χ3v) is 9.23. The van der Waals surface area contributed by atoms with Gasteiger partial charge in [0.15, 0.2) is 0 Å². The minimum absolute atomic E-state index is 0.0269. The van der Waals surface area contributed by atoms with Crippen LogP contribution in [0, 0.1) is 40.4 Å². The molecule has 8 atom stereocenters. The van der Waals surface area contributed by atoms with Gasteiger partial charge in [-0.15, -0.1) is 0 Å². The van der Waals surface area contributed by atoms with Crippen LogP contribution in [0.3, 0.4) is 0 Å². The Labute approximate surface area is 151 Å². The van der Waals surface area contributed by atoms with Crippen molar-refractivity contribution in [2.24, 2.45) is 40.4 Å². The van der Waals surface area contributed by atoms with Crippen LogP contribution < -0.4 is 0 Å². The Kier molecular flexibility index (Phi) is 3.80. The van der Waals surface area contributed by atoms with E-state index < -0.39 is 5.97 Å². The molecule has 3 unspecified atom stereocenters. The third-order valence-electron chi connectivity index (χ3n) is 9.23. The Morgan fingerprint density at radius 2 is 1.80 bits per heavy atom. The zero-order chi connectivity index (χ0) is 18.1. The van der Waals surface area contributed by atoms with Gasteiger partial charge >= 0.3 is 5.97 Å². The summed E-state index contributed by atoms with van der Waals surface area (Å²) in [6.45, 7) is 7.05. The van der Waals surface area contributed by atoms with E-state index in [9.17, 15) is 14.7 Å². The van der Waals surface area contributed by atoms with Crippen molar-refractivity contribution in [3.8, 4) is 0 Å². The fourth-order valence-electron chi connectivity index (χ4n) is 7.87. The van der Waals surface area contributed by atoms with Gasteiger partial charge in [0.05, 0.1) is 5.92 Å². The SMILES string of the molecule is CC1CC2N(C)C(=O)CC[C@]2(C)[C@@H]2CC[C@]3(C)C(C(=O)O)CC[C@H]3[C@H]12. The summed E-state index contributed by atoms with van der Waals surface area (Å²) in [5.74, 6) is 1.95. The minimum atomic E-state index is -0.584. The van der Waals surface area contributed by atoms with Gasteiger partial charge in [-0.1, -0.05) is 20.8 Å². The van der Waals surface area contributed by atoms with Gasteiger partial charge < -0.3 is 10.0 Å². The third kappa shape index (κ3) is 2.18. The normalized spacial score (nSPS) is 52.3. The molecule has 1 aliphatic heterocycles. The van der Waals surface area contributed by atoms with Gasteiger partial charge in [-0.2, -0.15) is 0 Å². The molecule has 1 heterocycles. The molecule has 0 bridgehead atoms. The number of carbonyl (C=O) groups is 2. The van der Waals surface area contributed by atoms with E-state index in [0.29, 0.717) is 42.0 Å². The Morgan fingerprint density at radius 3 is 2.48 bits per heavy atom. The largest absolute Gasteiger partial charge is 0.481 e. The van der Waals surface area contributed by atoms with Crippen LogP contribution >= 0.6 is 0 Å². The summed E-state index contributed by atoms with van der Waals surface area (Å²) < 4.78 is 0. The van der Waals surface area contributed by atoms with E-state index in [-0.39, 0.29) is 16.7 Å². The zero-order valence-electron chi connectivity index (χ0n) is 16.1. The van der Waals surface area contributed by atoms with Gasteiger partial charge in [-0.3, -0.25) is 9.59 Å². The zero-order valence-corrected chi connectivity index (χ0v) is 16.1. The second kappa shape index (κ2) is 5.47. The van der Waals surface area contributed by atoms with Crippen molar-refractivity contribution in [3.63, 3.8) is 0 Å². The van der Waals surface area contributed by atoms with Gasteiger partial charge in [0.25, 0.3) is 0 Å². The number of hydrogen-bond donors (Lipinski definition) is 1. The molecule has 4 heteroatoms. The lowest BCUT2D eigenvalue weighted by Crippen LogP contribution is -2.63. The van der Waals surface area contributed by atoms with Crippen LogP contribution in [0.25, 0.3) is 0 Å². The van der Waals surface area contributed by atoms with Crippen molar-refractivity contribution in [1.82, 2.24) is 4.90 Å². The molecule has 3 saturated carbocycles. The molecule has 3 aliphatic carbocycles. The number of carbonyl (C=O) groups excluding carboxylic acids is 1. The second-order valence-corrected chi connectivity index (χ2v) is 10.0. The molecule has 4 aliphatic rings. The molecule has 4 nitrogen and oxygen atoms in total. The molecule has 0 spiro atoms. The number of aliphatic carboxylic acids is 1. The van der Waals surface area contributed by atoms with Gasteiger partial charge in [-0.25, -0.2) is 0 Å². The Balaban J connectivity index is 1.69. The molecule has 0 aromatic heterocycles. The highest BCUT2D eigenvalue weighted by atomic mass is 16.4. The fraction of sp³-hybridized carbons (Fsp3) is 0.905. The van der Waals surface area contributed by atoms with Gasteiger partial charge in [0.2, 0.25) is 5.91 Å². The van der Waals surface area contributed by atoms with Crippen molar-refractivity contribution < 1.29 is 14.7 Å². The van der Waals surface area contributed by atoms with E-state index in [2.05, 4.69) is 20.8 Å². The quantitative estimate of drug-likeness (QED) is 0.785. The van der Waals surface area contributed by atoms with E-state index in [1.807, 2.05) is 11.9 Å². The van der Waals surface area contributed by atoms with Crippen molar-refractivity contribution in [2.45, 2.75) is 71.8 Å². The highest BCUT2D eigenvalue weighted by Gasteiger charge is 2.63. The first kappa shape index (κ1) is 17.4. The lowest BCUT2D eigenvalue weighted by Gasteiger charge is -2.63. The molecule has 0 aromatic rings. The summed E-state index contributed by atoms with van der Waals surface area (Å²) in [4.78, 5) is 26.1. The molecular formula is C21H33NO3. The average molecular weight is 347 g/mol. The van der Waals surface area contributed by atoms with E-state index in [4.69, 9.17) is 0 Å². The summed E-state index contributed by atoms with van der Waals surface area (Å²) >= 11 is 0. The van der Waals surface area contributed by atoms with Crippen LogP contribution in [-0.2, 0) is 9.59 Å². The van der Waals surface area contributed by atoms with E-state index in [1.165, 1.54) is 0 Å². The molecule has 0 aromatic carbocycles. The van der Waals surface area contributed by atoms with Crippen LogP contribution in [0.2, 0.25) is 0 Å². The first-order chi connectivity index (χ1) is 11.7. The molecule has 0 radical (unpaired) electrons. The van der Waals surface area contributed by atoms with Crippen molar-refractivity contribution in [3.05, 3.63) is 0 Å². The van der Waals surface area contributed by atoms with Crippen LogP contribution in [-0.4, -0.2) is 35.0 Å². The predicted octanol–water partition coefficient (Wildman–Crippen LogP) is 3.80. The molecule has 1 saturated heterocycles. The van der Waals surface area contributed by atoms with E-state index in [1.54, 1.807) is 0 Å². The Morgan fingerprint density at radius 1 is 1.12 bits per heavy atom. The maximum atomic E-state index is 12.3. The van der Waals surface area contributed by atoms with Crippen LogP contribution in [0.1, 0.15) is 65.7 Å². The molecule has 4 rings (SSSR count).